The van der Waals surface area contributed by atoms with Crippen LogP contribution >= 0.6 is 0 Å². The quantitative estimate of drug-likeness (QED) is 0.820. The smallest absolute Gasteiger partial charge is 0.335 e. The van der Waals surface area contributed by atoms with Gasteiger partial charge in [0.05, 0.1) is 16.9 Å². The maximum Gasteiger partial charge on any atom is 0.335 e. The van der Waals surface area contributed by atoms with E-state index >= 15 is 0 Å². The first-order valence-electron chi connectivity index (χ1n) is 5.89. The first kappa shape index (κ1) is 13.6. The molecule has 0 aliphatic carbocycles. The van der Waals surface area contributed by atoms with Crippen molar-refractivity contribution in [2.24, 2.45) is 0 Å². The van der Waals surface area contributed by atoms with E-state index in [9.17, 15) is 9.59 Å². The number of carboxylic acids is 1. The fraction of sp³-hybridized carbons (Fsp3) is 0.154. The average molecular weight is 275 g/mol. The van der Waals surface area contributed by atoms with Crippen molar-refractivity contribution in [3.63, 3.8) is 0 Å². The van der Waals surface area contributed by atoms with Crippen LogP contribution in [0.2, 0.25) is 0 Å². The number of amides is 1. The van der Waals surface area contributed by atoms with Crippen LogP contribution in [0.25, 0.3) is 0 Å². The molecule has 0 spiro atoms. The Balaban J connectivity index is 2.37. The van der Waals surface area contributed by atoms with Crippen molar-refractivity contribution < 1.29 is 19.2 Å². The van der Waals surface area contributed by atoms with Gasteiger partial charge >= 0.3 is 5.97 Å². The Morgan fingerprint density at radius 1 is 1.40 bits per heavy atom. The van der Waals surface area contributed by atoms with Crippen molar-refractivity contribution in [2.75, 3.05) is 17.2 Å². The number of rotatable bonds is 4. The highest BCUT2D eigenvalue weighted by Crippen LogP contribution is 2.25. The summed E-state index contributed by atoms with van der Waals surface area (Å²) in [4.78, 5) is 24.5. The zero-order valence-corrected chi connectivity index (χ0v) is 10.7. The molecule has 0 aliphatic rings. The maximum absolute atomic E-state index is 12.2. The summed E-state index contributed by atoms with van der Waals surface area (Å²) < 4.78 is 4.64. The SMILES string of the molecule is CCN(C(=O)c1ccon1)c1ccc(C(=O)O)cc1N. The lowest BCUT2D eigenvalue weighted by molar-refractivity contribution is 0.0697. The minimum absolute atomic E-state index is 0.0659. The Bertz CT molecular complexity index is 637. The summed E-state index contributed by atoms with van der Waals surface area (Å²) >= 11 is 0. The molecule has 20 heavy (non-hydrogen) atoms. The van der Waals surface area contributed by atoms with Crippen LogP contribution in [0.3, 0.4) is 0 Å². The van der Waals surface area contributed by atoms with Gasteiger partial charge in [0, 0.05) is 12.6 Å². The van der Waals surface area contributed by atoms with E-state index in [2.05, 4.69) is 9.68 Å². The number of nitrogens with zero attached hydrogens (tertiary/aromatic N) is 2. The maximum atomic E-state index is 12.2. The molecule has 7 heteroatoms. The van der Waals surface area contributed by atoms with Gasteiger partial charge in [0.15, 0.2) is 5.69 Å². The highest BCUT2D eigenvalue weighted by molar-refractivity contribution is 6.06. The highest BCUT2D eigenvalue weighted by Gasteiger charge is 2.21. The van der Waals surface area contributed by atoms with Crippen LogP contribution in [0.15, 0.2) is 35.1 Å². The summed E-state index contributed by atoms with van der Waals surface area (Å²) in [6.07, 6.45) is 1.30. The largest absolute Gasteiger partial charge is 0.478 e. The molecule has 0 bridgehead atoms. The summed E-state index contributed by atoms with van der Waals surface area (Å²) in [7, 11) is 0. The molecule has 2 aromatic rings. The molecule has 0 saturated heterocycles. The van der Waals surface area contributed by atoms with Crippen LogP contribution in [-0.2, 0) is 0 Å². The van der Waals surface area contributed by atoms with Crippen LogP contribution in [0, 0.1) is 0 Å². The number of carboxylic acid groups (broad SMARTS) is 1. The lowest BCUT2D eigenvalue weighted by Gasteiger charge is -2.21. The van der Waals surface area contributed by atoms with Gasteiger partial charge in [-0.1, -0.05) is 5.16 Å². The standard InChI is InChI=1S/C13H13N3O4/c1-2-16(12(17)10-5-6-20-15-10)11-4-3-8(13(18)19)7-9(11)14/h3-7H,2,14H2,1H3,(H,18,19). The van der Waals surface area contributed by atoms with Gasteiger partial charge in [0.2, 0.25) is 0 Å². The number of nitrogen functional groups attached to an aromatic ring is 1. The molecular weight excluding hydrogens is 262 g/mol. The lowest BCUT2D eigenvalue weighted by atomic mass is 10.1. The number of benzene rings is 1. The van der Waals surface area contributed by atoms with E-state index in [1.807, 2.05) is 0 Å². The van der Waals surface area contributed by atoms with Crippen molar-refractivity contribution in [2.45, 2.75) is 6.92 Å². The Morgan fingerprint density at radius 3 is 2.65 bits per heavy atom. The lowest BCUT2D eigenvalue weighted by Crippen LogP contribution is -2.31. The summed E-state index contributed by atoms with van der Waals surface area (Å²) in [5.41, 5.74) is 6.70. The van der Waals surface area contributed by atoms with E-state index < -0.39 is 5.97 Å². The van der Waals surface area contributed by atoms with Crippen LogP contribution in [-0.4, -0.2) is 28.7 Å². The van der Waals surface area contributed by atoms with E-state index in [0.717, 1.165) is 0 Å². The molecule has 0 saturated carbocycles. The number of aromatic carboxylic acids is 1. The minimum Gasteiger partial charge on any atom is -0.478 e. The topological polar surface area (TPSA) is 110 Å². The average Bonchev–Trinajstić information content (AvgIpc) is 2.94. The molecule has 0 aliphatic heterocycles. The van der Waals surface area contributed by atoms with E-state index in [-0.39, 0.29) is 22.9 Å². The first-order chi connectivity index (χ1) is 9.54. The third kappa shape index (κ3) is 2.46. The monoisotopic (exact) mass is 275 g/mol. The zero-order chi connectivity index (χ0) is 14.7. The number of aromatic nitrogens is 1. The second-order valence-corrected chi connectivity index (χ2v) is 4.01. The van der Waals surface area contributed by atoms with Gasteiger partial charge in [-0.3, -0.25) is 4.79 Å². The van der Waals surface area contributed by atoms with Crippen LogP contribution in [0.4, 0.5) is 11.4 Å². The second-order valence-electron chi connectivity index (χ2n) is 4.01. The third-order valence-corrected chi connectivity index (χ3v) is 2.78. The summed E-state index contributed by atoms with van der Waals surface area (Å²) in [5.74, 6) is -1.44. The second kappa shape index (κ2) is 5.43. The minimum atomic E-state index is -1.07. The van der Waals surface area contributed by atoms with E-state index in [0.29, 0.717) is 12.2 Å². The van der Waals surface area contributed by atoms with E-state index in [1.54, 1.807) is 6.92 Å². The Labute approximate surface area is 114 Å². The molecule has 7 nitrogen and oxygen atoms in total. The predicted octanol–water partition coefficient (Wildman–Crippen LogP) is 1.62. The van der Waals surface area contributed by atoms with Crippen molar-refractivity contribution in [3.05, 3.63) is 41.8 Å². The van der Waals surface area contributed by atoms with Crippen molar-refractivity contribution >= 4 is 23.3 Å². The number of hydrogen-bond donors (Lipinski definition) is 2. The Morgan fingerprint density at radius 2 is 2.15 bits per heavy atom. The van der Waals surface area contributed by atoms with Crippen molar-refractivity contribution in [1.82, 2.24) is 5.16 Å². The normalized spacial score (nSPS) is 10.2. The van der Waals surface area contributed by atoms with Gasteiger partial charge in [-0.2, -0.15) is 0 Å². The van der Waals surface area contributed by atoms with E-state index in [1.165, 1.54) is 35.4 Å². The molecule has 0 atom stereocenters. The van der Waals surface area contributed by atoms with Crippen molar-refractivity contribution in [3.8, 4) is 0 Å². The zero-order valence-electron chi connectivity index (χ0n) is 10.7. The number of nitrogens with two attached hydrogens (primary N) is 1. The molecule has 0 radical (unpaired) electrons. The fourth-order valence-corrected chi connectivity index (χ4v) is 1.82. The number of carbonyl (C=O) groups excluding carboxylic acids is 1. The fourth-order valence-electron chi connectivity index (χ4n) is 1.82. The Kier molecular flexibility index (Phi) is 3.69. The van der Waals surface area contributed by atoms with Gasteiger partial charge in [-0.05, 0) is 25.1 Å². The van der Waals surface area contributed by atoms with Gasteiger partial charge in [-0.15, -0.1) is 0 Å². The molecule has 104 valence electrons. The molecule has 1 aromatic carbocycles. The van der Waals surface area contributed by atoms with Gasteiger partial charge in [0.25, 0.3) is 5.91 Å². The summed E-state index contributed by atoms with van der Waals surface area (Å²) in [6.45, 7) is 2.14. The summed E-state index contributed by atoms with van der Waals surface area (Å²) in [6, 6.07) is 5.66. The number of hydrogen-bond acceptors (Lipinski definition) is 5. The highest BCUT2D eigenvalue weighted by atomic mass is 16.5. The molecule has 1 aromatic heterocycles. The predicted molar refractivity (Wildman–Crippen MR) is 71.7 cm³/mol. The van der Waals surface area contributed by atoms with Crippen molar-refractivity contribution in [1.29, 1.82) is 0 Å². The van der Waals surface area contributed by atoms with Crippen LogP contribution < -0.4 is 10.6 Å². The van der Waals surface area contributed by atoms with Gasteiger partial charge in [-0.25, -0.2) is 4.79 Å². The number of anilines is 2. The molecule has 0 fully saturated rings. The Hall–Kier alpha value is -2.83. The molecule has 1 amide bonds. The third-order valence-electron chi connectivity index (χ3n) is 2.78. The van der Waals surface area contributed by atoms with Crippen LogP contribution in [0.1, 0.15) is 27.8 Å². The first-order valence-corrected chi connectivity index (χ1v) is 5.89. The van der Waals surface area contributed by atoms with Gasteiger partial charge < -0.3 is 20.3 Å². The molecule has 1 heterocycles. The molecule has 0 unspecified atom stereocenters. The number of carbonyl (C=O) groups is 2. The molecule has 2 rings (SSSR count). The molecular formula is C13H13N3O4. The van der Waals surface area contributed by atoms with Gasteiger partial charge in [0.1, 0.15) is 6.26 Å². The van der Waals surface area contributed by atoms with E-state index in [4.69, 9.17) is 10.8 Å². The molecule has 3 N–H and O–H groups in total. The summed E-state index contributed by atoms with van der Waals surface area (Å²) in [5, 5.41) is 12.5. The van der Waals surface area contributed by atoms with Crippen LogP contribution in [0.5, 0.6) is 0 Å².